The van der Waals surface area contributed by atoms with Gasteiger partial charge in [0.2, 0.25) is 10.0 Å². The van der Waals surface area contributed by atoms with E-state index in [0.717, 1.165) is 28.7 Å². The number of thiazole rings is 1. The van der Waals surface area contributed by atoms with Crippen molar-refractivity contribution in [1.82, 2.24) is 14.2 Å². The largest absolute Gasteiger partial charge is 1.00 e. The Morgan fingerprint density at radius 2 is 1.73 bits per heavy atom. The Morgan fingerprint density at radius 3 is 2.44 bits per heavy atom. The lowest BCUT2D eigenvalue weighted by Crippen LogP contribution is -3.00. The van der Waals surface area contributed by atoms with Crippen molar-refractivity contribution >= 4 is 42.6 Å². The molecule has 0 bridgehead atoms. The van der Waals surface area contributed by atoms with Crippen molar-refractivity contribution in [3.05, 3.63) is 83.4 Å². The molecule has 1 amide bonds. The second kappa shape index (κ2) is 13.3. The van der Waals surface area contributed by atoms with Gasteiger partial charge < -0.3 is 22.0 Å². The lowest BCUT2D eigenvalue weighted by molar-refractivity contribution is -0.0000186. The second-order valence-electron chi connectivity index (χ2n) is 10.0. The zero-order valence-electron chi connectivity index (χ0n) is 23.4. The number of halogens is 1. The third-order valence-corrected chi connectivity index (χ3v) is 9.87. The summed E-state index contributed by atoms with van der Waals surface area (Å²) in [6.07, 6.45) is 1.44. The molecule has 1 aliphatic heterocycles. The first-order valence-corrected chi connectivity index (χ1v) is 15.7. The average molecular weight is 614 g/mol. The van der Waals surface area contributed by atoms with E-state index < -0.39 is 10.0 Å². The first-order chi connectivity index (χ1) is 19.3. The highest BCUT2D eigenvalue weighted by Crippen LogP contribution is 2.35. The summed E-state index contributed by atoms with van der Waals surface area (Å²) in [5.41, 5.74) is 3.37. The molecule has 218 valence electrons. The first-order valence-electron chi connectivity index (χ1n) is 13.4. The Kier molecular flexibility index (Phi) is 10.0. The summed E-state index contributed by atoms with van der Waals surface area (Å²) in [5.74, 6) is 0.477. The van der Waals surface area contributed by atoms with Crippen LogP contribution in [-0.4, -0.2) is 68.9 Å². The van der Waals surface area contributed by atoms with Crippen molar-refractivity contribution in [3.8, 4) is 5.75 Å². The number of nitrogens with zero attached hydrogens (tertiary/aromatic N) is 4. The number of para-hydroxylation sites is 1. The quantitative estimate of drug-likeness (QED) is 0.272. The predicted molar refractivity (Wildman–Crippen MR) is 160 cm³/mol. The summed E-state index contributed by atoms with van der Waals surface area (Å²) in [4.78, 5) is 22.5. The second-order valence-corrected chi connectivity index (χ2v) is 13.0. The van der Waals surface area contributed by atoms with Gasteiger partial charge in [-0.15, -0.1) is 0 Å². The Bertz CT molecular complexity index is 1610. The number of amides is 1. The molecule has 0 atom stereocenters. The van der Waals surface area contributed by atoms with Crippen LogP contribution < -0.4 is 22.0 Å². The zero-order valence-corrected chi connectivity index (χ0v) is 25.8. The minimum absolute atomic E-state index is 0. The van der Waals surface area contributed by atoms with Crippen molar-refractivity contribution < 1.29 is 30.4 Å². The van der Waals surface area contributed by atoms with Gasteiger partial charge in [0.25, 0.3) is 5.91 Å². The molecule has 0 fully saturated rings. The number of fused-ring (bicyclic) bond motifs is 2. The van der Waals surface area contributed by atoms with Crippen LogP contribution in [0, 0.1) is 0 Å². The Labute approximate surface area is 252 Å². The van der Waals surface area contributed by atoms with Gasteiger partial charge in [0.05, 0.1) is 16.2 Å². The van der Waals surface area contributed by atoms with Gasteiger partial charge in [-0.05, 0) is 87.9 Å². The smallest absolute Gasteiger partial charge is 0.260 e. The van der Waals surface area contributed by atoms with E-state index in [1.165, 1.54) is 33.3 Å². The van der Waals surface area contributed by atoms with Gasteiger partial charge in [-0.25, -0.2) is 13.4 Å². The Balaban J connectivity index is 0.00000387. The van der Waals surface area contributed by atoms with Crippen molar-refractivity contribution in [2.24, 2.45) is 0 Å². The topological polar surface area (TPSA) is 83.0 Å². The van der Waals surface area contributed by atoms with E-state index in [1.54, 1.807) is 17.0 Å². The molecular weight excluding hydrogens is 580 g/mol. The molecule has 0 aliphatic carbocycles. The number of anilines is 1. The lowest BCUT2D eigenvalue weighted by Gasteiger charge is -2.28. The molecule has 0 N–H and O–H groups in total. The molecule has 0 spiro atoms. The van der Waals surface area contributed by atoms with Gasteiger partial charge in [-0.2, -0.15) is 4.31 Å². The molecule has 5 rings (SSSR count). The summed E-state index contributed by atoms with van der Waals surface area (Å²) in [7, 11) is 0.304. The van der Waals surface area contributed by atoms with Crippen molar-refractivity contribution in [2.45, 2.75) is 31.2 Å². The molecule has 8 nitrogen and oxygen atoms in total. The number of benzene rings is 3. The number of sulfonamides is 1. The predicted octanol–water partition coefficient (Wildman–Crippen LogP) is 2.04. The highest BCUT2D eigenvalue weighted by atomic mass is 35.5. The fourth-order valence-corrected chi connectivity index (χ4v) is 7.30. The normalized spacial score (nSPS) is 13.6. The van der Waals surface area contributed by atoms with E-state index in [4.69, 9.17) is 9.72 Å². The molecule has 0 saturated heterocycles. The van der Waals surface area contributed by atoms with Gasteiger partial charge >= 0.3 is 0 Å². The molecule has 0 radical (unpaired) electrons. The van der Waals surface area contributed by atoms with Crippen LogP contribution in [0.25, 0.3) is 10.2 Å². The number of ether oxygens (including phenoxy) is 1. The van der Waals surface area contributed by atoms with E-state index in [1.807, 2.05) is 63.5 Å². The molecule has 2 heterocycles. The SMILES string of the molecule is CCOc1cccc2sc(N(CCCN(C)C)C(=O)c3ccc(S(=O)(=O)N4CCc5ccccc5C4)cc3)nc12.[Cl-]. The van der Waals surface area contributed by atoms with Crippen molar-refractivity contribution in [1.29, 1.82) is 0 Å². The van der Waals surface area contributed by atoms with Gasteiger partial charge in [0.15, 0.2) is 5.13 Å². The van der Waals surface area contributed by atoms with E-state index in [9.17, 15) is 13.2 Å². The van der Waals surface area contributed by atoms with Crippen LogP contribution >= 0.6 is 11.3 Å². The van der Waals surface area contributed by atoms with Crippen molar-refractivity contribution in [3.63, 3.8) is 0 Å². The number of hydrogen-bond acceptors (Lipinski definition) is 7. The zero-order chi connectivity index (χ0) is 28.3. The number of carbonyl (C=O) groups excluding carboxylic acids is 1. The van der Waals surface area contributed by atoms with Crippen LogP contribution in [0.1, 0.15) is 34.8 Å². The summed E-state index contributed by atoms with van der Waals surface area (Å²) in [5, 5.41) is 0.592. The highest BCUT2D eigenvalue weighted by molar-refractivity contribution is 7.89. The fourth-order valence-electron chi connectivity index (χ4n) is 4.88. The van der Waals surface area contributed by atoms with Crippen LogP contribution in [0.2, 0.25) is 0 Å². The Hall–Kier alpha value is -3.02. The summed E-state index contributed by atoms with van der Waals surface area (Å²) >= 11 is 1.45. The third-order valence-electron chi connectivity index (χ3n) is 6.97. The summed E-state index contributed by atoms with van der Waals surface area (Å²) < 4.78 is 35.1. The average Bonchev–Trinajstić information content (AvgIpc) is 3.40. The fraction of sp³-hybridized carbons (Fsp3) is 0.333. The maximum Gasteiger partial charge on any atom is 0.260 e. The van der Waals surface area contributed by atoms with Gasteiger partial charge in [-0.1, -0.05) is 41.7 Å². The van der Waals surface area contributed by atoms with E-state index >= 15 is 0 Å². The Morgan fingerprint density at radius 1 is 1.00 bits per heavy atom. The maximum atomic E-state index is 13.8. The highest BCUT2D eigenvalue weighted by Gasteiger charge is 2.29. The molecule has 3 aromatic carbocycles. The van der Waals surface area contributed by atoms with E-state index in [0.29, 0.717) is 49.1 Å². The standard InChI is InChI=1S/C30H34N4O4S2.ClH/c1-4-38-26-11-7-12-27-28(26)31-30(39-27)34(19-8-18-32(2)3)29(35)23-13-15-25(16-14-23)40(36,37)33-20-17-22-9-5-6-10-24(22)21-33;/h5-7,9-16H,4,8,17-21H2,1-3H3;1H/p-1. The monoisotopic (exact) mass is 613 g/mol. The van der Waals surface area contributed by atoms with Gasteiger partial charge in [0.1, 0.15) is 11.3 Å². The molecule has 4 aromatic rings. The molecule has 1 aromatic heterocycles. The van der Waals surface area contributed by atoms with Crippen LogP contribution in [0.3, 0.4) is 0 Å². The molecule has 0 saturated carbocycles. The summed E-state index contributed by atoms with van der Waals surface area (Å²) in [6.45, 7) is 4.53. The van der Waals surface area contributed by atoms with Crippen molar-refractivity contribution in [2.75, 3.05) is 45.2 Å². The first kappa shape index (κ1) is 30.9. The number of aromatic nitrogens is 1. The molecular formula is C30H34ClN4O4S2-. The lowest BCUT2D eigenvalue weighted by atomic mass is 10.0. The van der Waals surface area contributed by atoms with E-state index in [2.05, 4.69) is 4.90 Å². The molecule has 1 aliphatic rings. The third kappa shape index (κ3) is 6.73. The van der Waals surface area contributed by atoms with Crippen LogP contribution in [0.5, 0.6) is 5.75 Å². The van der Waals surface area contributed by atoms with E-state index in [-0.39, 0.29) is 23.2 Å². The summed E-state index contributed by atoms with van der Waals surface area (Å²) in [6, 6.07) is 20.0. The van der Waals surface area contributed by atoms with Crippen LogP contribution in [0.15, 0.2) is 71.6 Å². The number of hydrogen-bond donors (Lipinski definition) is 0. The maximum absolute atomic E-state index is 13.8. The van der Waals surface area contributed by atoms with Gasteiger partial charge in [0, 0.05) is 25.2 Å². The molecule has 41 heavy (non-hydrogen) atoms. The molecule has 0 unspecified atom stereocenters. The van der Waals surface area contributed by atoms with Gasteiger partial charge in [-0.3, -0.25) is 9.69 Å². The minimum Gasteiger partial charge on any atom is -1.00 e. The van der Waals surface area contributed by atoms with Crippen LogP contribution in [-0.2, 0) is 23.0 Å². The van der Waals surface area contributed by atoms with Crippen LogP contribution in [0.4, 0.5) is 5.13 Å². The number of rotatable bonds is 10. The number of carbonyl (C=O) groups is 1. The minimum atomic E-state index is -3.69. The molecule has 11 heteroatoms.